The molecule has 0 spiro atoms. The highest BCUT2D eigenvalue weighted by Crippen LogP contribution is 2.32. The molecule has 0 radical (unpaired) electrons. The van der Waals surface area contributed by atoms with Gasteiger partial charge in [-0.2, -0.15) is 0 Å². The molecule has 0 aromatic heterocycles. The van der Waals surface area contributed by atoms with Crippen molar-refractivity contribution in [2.45, 2.75) is 38.5 Å². The predicted molar refractivity (Wildman–Crippen MR) is 101 cm³/mol. The van der Waals surface area contributed by atoms with Crippen molar-refractivity contribution in [1.82, 2.24) is 9.80 Å². The lowest BCUT2D eigenvalue weighted by atomic mass is 9.92. The molecule has 0 N–H and O–H groups in total. The zero-order valence-electron chi connectivity index (χ0n) is 15.8. The zero-order chi connectivity index (χ0) is 18.6. The van der Waals surface area contributed by atoms with E-state index < -0.39 is 0 Å². The van der Waals surface area contributed by atoms with Crippen molar-refractivity contribution < 1.29 is 19.1 Å². The zero-order valence-corrected chi connectivity index (χ0v) is 15.8. The lowest BCUT2D eigenvalue weighted by Crippen LogP contribution is -2.40. The molecule has 0 aliphatic carbocycles. The van der Waals surface area contributed by atoms with Gasteiger partial charge in [-0.05, 0) is 56.2 Å². The number of rotatable bonds is 4. The van der Waals surface area contributed by atoms with E-state index >= 15 is 0 Å². The lowest BCUT2D eigenvalue weighted by molar-refractivity contribution is -0.130. The Balaban J connectivity index is 1.33. The number of benzene rings is 1. The van der Waals surface area contributed by atoms with Crippen molar-refractivity contribution in [2.24, 2.45) is 5.92 Å². The number of hydrogen-bond acceptors (Lipinski definition) is 4. The Labute approximate surface area is 160 Å². The van der Waals surface area contributed by atoms with Gasteiger partial charge in [-0.3, -0.25) is 9.59 Å². The van der Waals surface area contributed by atoms with E-state index in [-0.39, 0.29) is 11.8 Å². The highest BCUT2D eigenvalue weighted by atomic mass is 16.6. The smallest absolute Gasteiger partial charge is 0.254 e. The maximum absolute atomic E-state index is 12.9. The third-order valence-electron chi connectivity index (χ3n) is 5.82. The molecule has 2 fully saturated rings. The molecule has 1 aromatic carbocycles. The van der Waals surface area contributed by atoms with Crippen molar-refractivity contribution >= 4 is 11.8 Å². The van der Waals surface area contributed by atoms with Crippen LogP contribution in [-0.4, -0.2) is 61.0 Å². The van der Waals surface area contributed by atoms with Gasteiger partial charge < -0.3 is 19.3 Å². The van der Waals surface area contributed by atoms with E-state index in [0.717, 1.165) is 58.3 Å². The Bertz CT molecular complexity index is 699. The molecule has 3 aliphatic rings. The van der Waals surface area contributed by atoms with Crippen molar-refractivity contribution in [3.63, 3.8) is 0 Å². The van der Waals surface area contributed by atoms with Crippen LogP contribution in [0.4, 0.5) is 0 Å². The number of fused-ring (bicyclic) bond motifs is 1. The summed E-state index contributed by atoms with van der Waals surface area (Å²) in [6, 6.07) is 5.42. The van der Waals surface area contributed by atoms with Gasteiger partial charge >= 0.3 is 0 Å². The standard InChI is InChI=1S/C21H28N2O4/c24-20(22-9-1-2-10-22)8-5-16-4-3-11-23(15-16)21(25)17-6-7-18-19(14-17)27-13-12-26-18/h6-7,14,16H,1-5,8-13,15H2/t16-/m0/s1. The minimum atomic E-state index is 0.0440. The molecule has 2 saturated heterocycles. The van der Waals surface area contributed by atoms with Gasteiger partial charge in [0.15, 0.2) is 11.5 Å². The highest BCUT2D eigenvalue weighted by molar-refractivity contribution is 5.95. The second-order valence-corrected chi connectivity index (χ2v) is 7.74. The first-order valence-corrected chi connectivity index (χ1v) is 10.2. The van der Waals surface area contributed by atoms with Crippen molar-refractivity contribution in [1.29, 1.82) is 0 Å². The molecular formula is C21H28N2O4. The number of amides is 2. The fourth-order valence-electron chi connectivity index (χ4n) is 4.30. The molecule has 3 aliphatic heterocycles. The number of ether oxygens (including phenoxy) is 2. The molecular weight excluding hydrogens is 344 g/mol. The van der Waals surface area contributed by atoms with Crippen LogP contribution in [0.2, 0.25) is 0 Å². The van der Waals surface area contributed by atoms with Gasteiger partial charge in [0, 0.05) is 38.2 Å². The molecule has 1 atom stereocenters. The molecule has 0 bridgehead atoms. The van der Waals surface area contributed by atoms with Crippen LogP contribution in [0, 0.1) is 5.92 Å². The van der Waals surface area contributed by atoms with Gasteiger partial charge in [0.05, 0.1) is 0 Å². The third kappa shape index (κ3) is 4.20. The van der Waals surface area contributed by atoms with Crippen LogP contribution in [0.1, 0.15) is 48.9 Å². The summed E-state index contributed by atoms with van der Waals surface area (Å²) in [6.07, 6.45) is 5.84. The molecule has 146 valence electrons. The van der Waals surface area contributed by atoms with E-state index in [0.29, 0.717) is 42.6 Å². The van der Waals surface area contributed by atoms with Crippen LogP contribution in [0.15, 0.2) is 18.2 Å². The summed E-state index contributed by atoms with van der Waals surface area (Å²) < 4.78 is 11.1. The lowest BCUT2D eigenvalue weighted by Gasteiger charge is -2.33. The predicted octanol–water partition coefficient (Wildman–Crippen LogP) is 2.71. The number of hydrogen-bond donors (Lipinski definition) is 0. The van der Waals surface area contributed by atoms with Gasteiger partial charge in [0.2, 0.25) is 5.91 Å². The fourth-order valence-corrected chi connectivity index (χ4v) is 4.30. The van der Waals surface area contributed by atoms with Crippen LogP contribution < -0.4 is 9.47 Å². The van der Waals surface area contributed by atoms with E-state index in [1.807, 2.05) is 21.9 Å². The number of piperidine rings is 1. The first-order valence-electron chi connectivity index (χ1n) is 10.2. The second kappa shape index (κ2) is 8.19. The van der Waals surface area contributed by atoms with E-state index in [2.05, 4.69) is 0 Å². The summed E-state index contributed by atoms with van der Waals surface area (Å²) in [6.45, 7) is 4.41. The summed E-state index contributed by atoms with van der Waals surface area (Å²) in [5.41, 5.74) is 0.646. The molecule has 4 rings (SSSR count). The normalized spacial score (nSPS) is 22.0. The van der Waals surface area contributed by atoms with Crippen molar-refractivity contribution in [3.05, 3.63) is 23.8 Å². The average Bonchev–Trinajstić information content (AvgIpc) is 3.26. The van der Waals surface area contributed by atoms with E-state index in [1.165, 1.54) is 0 Å². The molecule has 0 saturated carbocycles. The Morgan fingerprint density at radius 1 is 0.963 bits per heavy atom. The summed E-state index contributed by atoms with van der Waals surface area (Å²) in [7, 11) is 0. The molecule has 0 unspecified atom stereocenters. The SMILES string of the molecule is O=C(CC[C@@H]1CCCN(C(=O)c2ccc3c(c2)OCCO3)C1)N1CCCC1. The number of likely N-dealkylation sites (tertiary alicyclic amines) is 2. The summed E-state index contributed by atoms with van der Waals surface area (Å²) in [5, 5.41) is 0. The second-order valence-electron chi connectivity index (χ2n) is 7.74. The van der Waals surface area contributed by atoms with Crippen molar-refractivity contribution in [3.8, 4) is 11.5 Å². The Kier molecular flexibility index (Phi) is 5.50. The molecule has 6 heteroatoms. The maximum Gasteiger partial charge on any atom is 0.254 e. The topological polar surface area (TPSA) is 59.1 Å². The molecule has 2 amide bonds. The number of carbonyl (C=O) groups excluding carboxylic acids is 2. The van der Waals surface area contributed by atoms with Gasteiger partial charge in [-0.1, -0.05) is 0 Å². The van der Waals surface area contributed by atoms with E-state index in [4.69, 9.17) is 9.47 Å². The number of nitrogens with zero attached hydrogens (tertiary/aromatic N) is 2. The van der Waals surface area contributed by atoms with Gasteiger partial charge in [-0.25, -0.2) is 0 Å². The molecule has 6 nitrogen and oxygen atoms in total. The van der Waals surface area contributed by atoms with Crippen LogP contribution in [0.5, 0.6) is 11.5 Å². The fraction of sp³-hybridized carbons (Fsp3) is 0.619. The largest absolute Gasteiger partial charge is 0.486 e. The van der Waals surface area contributed by atoms with E-state index in [9.17, 15) is 9.59 Å². The molecule has 27 heavy (non-hydrogen) atoms. The summed E-state index contributed by atoms with van der Waals surface area (Å²) >= 11 is 0. The van der Waals surface area contributed by atoms with Crippen molar-refractivity contribution in [2.75, 3.05) is 39.4 Å². The van der Waals surface area contributed by atoms with Crippen LogP contribution in [0.25, 0.3) is 0 Å². The Morgan fingerprint density at radius 2 is 1.70 bits per heavy atom. The average molecular weight is 372 g/mol. The minimum Gasteiger partial charge on any atom is -0.486 e. The number of carbonyl (C=O) groups is 2. The molecule has 3 heterocycles. The van der Waals surface area contributed by atoms with Crippen LogP contribution in [0.3, 0.4) is 0 Å². The highest BCUT2D eigenvalue weighted by Gasteiger charge is 2.27. The third-order valence-corrected chi connectivity index (χ3v) is 5.82. The first kappa shape index (κ1) is 18.1. The van der Waals surface area contributed by atoms with Gasteiger partial charge in [0.25, 0.3) is 5.91 Å². The summed E-state index contributed by atoms with van der Waals surface area (Å²) in [5.74, 6) is 2.09. The monoisotopic (exact) mass is 372 g/mol. The van der Waals surface area contributed by atoms with Crippen LogP contribution >= 0.6 is 0 Å². The summed E-state index contributed by atoms with van der Waals surface area (Å²) in [4.78, 5) is 29.1. The maximum atomic E-state index is 12.9. The minimum absolute atomic E-state index is 0.0440. The van der Waals surface area contributed by atoms with Crippen LogP contribution in [-0.2, 0) is 4.79 Å². The van der Waals surface area contributed by atoms with E-state index in [1.54, 1.807) is 6.07 Å². The van der Waals surface area contributed by atoms with Gasteiger partial charge in [0.1, 0.15) is 13.2 Å². The quantitative estimate of drug-likeness (QED) is 0.815. The Hall–Kier alpha value is -2.24. The van der Waals surface area contributed by atoms with Gasteiger partial charge in [-0.15, -0.1) is 0 Å². The Morgan fingerprint density at radius 3 is 2.52 bits per heavy atom. The first-order chi connectivity index (χ1) is 13.2. The molecule has 1 aromatic rings.